The van der Waals surface area contributed by atoms with Crippen molar-refractivity contribution in [3.63, 3.8) is 0 Å². The van der Waals surface area contributed by atoms with Crippen LogP contribution in [0, 0.1) is 36.5 Å². The highest BCUT2D eigenvalue weighted by molar-refractivity contribution is 7.92. The first kappa shape index (κ1) is 18.7. The van der Waals surface area contributed by atoms with Gasteiger partial charge in [-0.1, -0.05) is 36.3 Å². The van der Waals surface area contributed by atoms with E-state index in [1.54, 1.807) is 19.2 Å². The third-order valence-electron chi connectivity index (χ3n) is 3.26. The zero-order valence-corrected chi connectivity index (χ0v) is 14.0. The maximum absolute atomic E-state index is 12.3. The zero-order chi connectivity index (χ0) is 17.1. The van der Waals surface area contributed by atoms with Crippen LogP contribution in [0.25, 0.3) is 0 Å². The number of unbranched alkanes of at least 4 members (excludes halogenated alkanes) is 2. The molecule has 0 saturated carbocycles. The van der Waals surface area contributed by atoms with Gasteiger partial charge in [0.15, 0.2) is 9.84 Å². The van der Waals surface area contributed by atoms with Gasteiger partial charge in [-0.2, -0.15) is 0 Å². The van der Waals surface area contributed by atoms with E-state index in [1.165, 1.54) is 0 Å². The molecule has 0 aromatic heterocycles. The van der Waals surface area contributed by atoms with Crippen molar-refractivity contribution in [1.82, 2.24) is 0 Å². The Bertz CT molecular complexity index is 752. The second kappa shape index (κ2) is 9.62. The summed E-state index contributed by atoms with van der Waals surface area (Å²) in [5.41, 5.74) is 0.650. The van der Waals surface area contributed by atoms with E-state index in [0.29, 0.717) is 30.6 Å². The molecule has 0 heterocycles. The molecule has 1 aromatic carbocycles. The van der Waals surface area contributed by atoms with Crippen molar-refractivity contribution < 1.29 is 13.2 Å². The fourth-order valence-corrected chi connectivity index (χ4v) is 3.21. The summed E-state index contributed by atoms with van der Waals surface area (Å²) >= 11 is 0. The predicted molar refractivity (Wildman–Crippen MR) is 93.6 cm³/mol. The number of methoxy groups -OCH3 is 1. The lowest BCUT2D eigenvalue weighted by Gasteiger charge is -2.09. The SMILES string of the molecule is C#CCCCCC(C#C)S(=O)(=O)CC#Cc1ccccc1OC. The molecular weight excluding hydrogens is 308 g/mol. The molecular formula is C19H20O3S. The van der Waals surface area contributed by atoms with Crippen molar-refractivity contribution in [2.45, 2.75) is 30.9 Å². The maximum atomic E-state index is 12.3. The molecule has 0 radical (unpaired) electrons. The normalized spacial score (nSPS) is 11.4. The monoisotopic (exact) mass is 328 g/mol. The molecule has 1 unspecified atom stereocenters. The Morgan fingerprint density at radius 2 is 1.96 bits per heavy atom. The third kappa shape index (κ3) is 6.11. The van der Waals surface area contributed by atoms with Gasteiger partial charge < -0.3 is 4.74 Å². The summed E-state index contributed by atoms with van der Waals surface area (Å²) < 4.78 is 29.7. The van der Waals surface area contributed by atoms with E-state index >= 15 is 0 Å². The third-order valence-corrected chi connectivity index (χ3v) is 5.05. The van der Waals surface area contributed by atoms with Crippen molar-refractivity contribution in [1.29, 1.82) is 0 Å². The number of para-hydroxylation sites is 1. The summed E-state index contributed by atoms with van der Waals surface area (Å²) in [7, 11) is -1.91. The van der Waals surface area contributed by atoms with Gasteiger partial charge in [0.05, 0.1) is 12.7 Å². The highest BCUT2D eigenvalue weighted by atomic mass is 32.2. The molecule has 1 atom stereocenters. The van der Waals surface area contributed by atoms with Crippen LogP contribution in [0.2, 0.25) is 0 Å². The molecule has 0 saturated heterocycles. The second-order valence-corrected chi connectivity index (χ2v) is 7.10. The lowest BCUT2D eigenvalue weighted by atomic mass is 10.1. The Morgan fingerprint density at radius 3 is 2.61 bits per heavy atom. The van der Waals surface area contributed by atoms with Crippen molar-refractivity contribution >= 4 is 9.84 Å². The lowest BCUT2D eigenvalue weighted by Crippen LogP contribution is -2.22. The first-order valence-corrected chi connectivity index (χ1v) is 8.99. The number of hydrogen-bond donors (Lipinski definition) is 0. The molecule has 0 aliphatic rings. The average molecular weight is 328 g/mol. The van der Waals surface area contributed by atoms with Crippen LogP contribution in [-0.2, 0) is 9.84 Å². The summed E-state index contributed by atoms with van der Waals surface area (Å²) in [5, 5.41) is -0.813. The first-order chi connectivity index (χ1) is 11.0. The Balaban J connectivity index is 2.73. The van der Waals surface area contributed by atoms with Gasteiger partial charge in [0, 0.05) is 6.42 Å². The highest BCUT2D eigenvalue weighted by Gasteiger charge is 2.21. The van der Waals surface area contributed by atoms with Crippen LogP contribution in [-0.4, -0.2) is 26.5 Å². The maximum Gasteiger partial charge on any atom is 0.175 e. The minimum Gasteiger partial charge on any atom is -0.495 e. The zero-order valence-electron chi connectivity index (χ0n) is 13.2. The molecule has 4 heteroatoms. The van der Waals surface area contributed by atoms with Crippen molar-refractivity contribution in [3.8, 4) is 42.3 Å². The van der Waals surface area contributed by atoms with E-state index in [-0.39, 0.29) is 5.75 Å². The number of rotatable bonds is 7. The van der Waals surface area contributed by atoms with Crippen molar-refractivity contribution in [2.75, 3.05) is 12.9 Å². The fraction of sp³-hybridized carbons (Fsp3) is 0.368. The lowest BCUT2D eigenvalue weighted by molar-refractivity contribution is 0.413. The van der Waals surface area contributed by atoms with Gasteiger partial charge >= 0.3 is 0 Å². The first-order valence-electron chi connectivity index (χ1n) is 7.28. The summed E-state index contributed by atoms with van der Waals surface area (Å²) in [6, 6.07) is 7.19. The number of benzene rings is 1. The van der Waals surface area contributed by atoms with Crippen LogP contribution < -0.4 is 4.74 Å². The molecule has 0 spiro atoms. The van der Waals surface area contributed by atoms with E-state index in [9.17, 15) is 8.42 Å². The van der Waals surface area contributed by atoms with Crippen LogP contribution in [0.1, 0.15) is 31.2 Å². The largest absolute Gasteiger partial charge is 0.495 e. The Morgan fingerprint density at radius 1 is 1.22 bits per heavy atom. The van der Waals surface area contributed by atoms with Crippen molar-refractivity contribution in [2.24, 2.45) is 0 Å². The van der Waals surface area contributed by atoms with Crippen LogP contribution in [0.4, 0.5) is 0 Å². The van der Waals surface area contributed by atoms with Gasteiger partial charge in [0.25, 0.3) is 0 Å². The summed E-state index contributed by atoms with van der Waals surface area (Å²) in [5.74, 6) is 10.7. The number of ether oxygens (including phenoxy) is 1. The Labute approximate surface area is 139 Å². The van der Waals surface area contributed by atoms with Crippen LogP contribution in [0.3, 0.4) is 0 Å². The molecule has 1 rings (SSSR count). The minimum atomic E-state index is -3.45. The standard InChI is InChI=1S/C19H20O3S/c1-4-6-7-8-14-18(5-2)23(20,21)16-11-13-17-12-9-10-15-19(17)22-3/h1-2,9-10,12,15,18H,6-8,14,16H2,3H3. The number of hydrogen-bond acceptors (Lipinski definition) is 3. The topological polar surface area (TPSA) is 43.4 Å². The summed E-state index contributed by atoms with van der Waals surface area (Å²) in [4.78, 5) is 0. The smallest absolute Gasteiger partial charge is 0.175 e. The predicted octanol–water partition coefficient (Wildman–Crippen LogP) is 2.66. The van der Waals surface area contributed by atoms with Gasteiger partial charge in [-0.3, -0.25) is 0 Å². The van der Waals surface area contributed by atoms with Gasteiger partial charge in [-0.25, -0.2) is 8.42 Å². The molecule has 120 valence electrons. The molecule has 1 aromatic rings. The van der Waals surface area contributed by atoms with Crippen LogP contribution in [0.15, 0.2) is 24.3 Å². The minimum absolute atomic E-state index is 0.269. The van der Waals surface area contributed by atoms with Crippen LogP contribution in [0.5, 0.6) is 5.75 Å². The van der Waals surface area contributed by atoms with Crippen LogP contribution >= 0.6 is 0 Å². The van der Waals surface area contributed by atoms with Gasteiger partial charge in [0.1, 0.15) is 16.8 Å². The van der Waals surface area contributed by atoms with E-state index < -0.39 is 15.1 Å². The highest BCUT2D eigenvalue weighted by Crippen LogP contribution is 2.16. The molecule has 0 fully saturated rings. The fourth-order valence-electron chi connectivity index (χ4n) is 2.00. The van der Waals surface area contributed by atoms with E-state index in [1.807, 2.05) is 12.1 Å². The molecule has 3 nitrogen and oxygen atoms in total. The molecule has 0 amide bonds. The van der Waals surface area contributed by atoms with Gasteiger partial charge in [-0.05, 0) is 25.0 Å². The van der Waals surface area contributed by atoms with E-state index in [2.05, 4.69) is 23.7 Å². The second-order valence-electron chi connectivity index (χ2n) is 4.91. The van der Waals surface area contributed by atoms with E-state index in [0.717, 1.165) is 6.42 Å². The number of terminal acetylenes is 2. The molecule has 0 aliphatic heterocycles. The quantitative estimate of drug-likeness (QED) is 0.571. The van der Waals surface area contributed by atoms with Gasteiger partial charge in [-0.15, -0.1) is 18.8 Å². The molecule has 0 aliphatic carbocycles. The summed E-state index contributed by atoms with van der Waals surface area (Å²) in [6.07, 6.45) is 13.0. The number of sulfone groups is 1. The molecule has 0 bridgehead atoms. The summed E-state index contributed by atoms with van der Waals surface area (Å²) in [6.45, 7) is 0. The van der Waals surface area contributed by atoms with Crippen molar-refractivity contribution in [3.05, 3.63) is 29.8 Å². The van der Waals surface area contributed by atoms with E-state index in [4.69, 9.17) is 17.6 Å². The Hall–Kier alpha value is -2.35. The molecule has 23 heavy (non-hydrogen) atoms. The Kier molecular flexibility index (Phi) is 7.82. The average Bonchev–Trinajstić information content (AvgIpc) is 2.55. The molecule has 0 N–H and O–H groups in total. The van der Waals surface area contributed by atoms with Gasteiger partial charge in [0.2, 0.25) is 0 Å².